The SMILES string of the molecule is Cc1cc2c([c-]1[SiH](C)[c-]1c(C)cc3c1C=CC=CC3c1ccc(C(C)(C)O[Si](C)(C)C(C)(C)C)cc1)C=CC=CC2c1ccc(C(C)(C)O[Si](C)(C)C(C)(C)C)cc1.Cc1cc2c([c-]1[SiH](C)[c-]1c(C)cc3c1C=CC=CC3c1ccc(C(C)(C)O[Si](C)(C)C(C)(C)C)cc1)C=CC=CC2c1ccc(C(C)(C)O[Si](C)(C)C(C)(C)C)cc1.[Cl][Zr][Cl]. The van der Waals surface area contributed by atoms with Crippen molar-refractivity contribution in [3.63, 3.8) is 0 Å². The number of hydrogen-bond acceptors (Lipinski definition) is 4. The van der Waals surface area contributed by atoms with Crippen LogP contribution in [0.5, 0.6) is 0 Å². The van der Waals surface area contributed by atoms with Gasteiger partial charge in [0.05, 0.1) is 22.4 Å². The molecule has 0 aromatic heterocycles. The molecule has 0 amide bonds. The van der Waals surface area contributed by atoms with E-state index in [0.29, 0.717) is 0 Å². The van der Waals surface area contributed by atoms with Gasteiger partial charge in [-0.25, -0.2) is 0 Å². The molecule has 119 heavy (non-hydrogen) atoms. The number of aryl methyl sites for hydroxylation is 4. The number of fused-ring (bicyclic) bond motifs is 4. The molecule has 0 radical (unpaired) electrons. The minimum absolute atomic E-state index is 0.158. The van der Waals surface area contributed by atoms with Crippen LogP contribution in [0, 0.1) is 27.7 Å². The van der Waals surface area contributed by atoms with Gasteiger partial charge in [-0.15, -0.1) is 91.6 Å². The van der Waals surface area contributed by atoms with E-state index in [-0.39, 0.29) is 66.2 Å². The number of benzene rings is 4. The molecule has 4 aliphatic carbocycles. The van der Waals surface area contributed by atoms with Crippen LogP contribution < -0.4 is 20.7 Å². The Morgan fingerprint density at radius 1 is 0.286 bits per heavy atom. The third-order valence-electron chi connectivity index (χ3n) is 28.5. The van der Waals surface area contributed by atoms with Crippen LogP contribution in [0.4, 0.5) is 0 Å². The maximum absolute atomic E-state index is 6.95. The van der Waals surface area contributed by atoms with Gasteiger partial charge in [-0.2, -0.15) is 68.8 Å². The second-order valence-electron chi connectivity index (χ2n) is 42.8. The van der Waals surface area contributed by atoms with Crippen molar-refractivity contribution >= 4 is 113 Å². The van der Waals surface area contributed by atoms with Crippen LogP contribution in [0.2, 0.25) is 85.6 Å². The zero-order valence-electron chi connectivity index (χ0n) is 79.1. The fourth-order valence-corrected chi connectivity index (χ4v) is 31.4. The molecule has 0 fully saturated rings. The summed E-state index contributed by atoms with van der Waals surface area (Å²) in [6.07, 6.45) is 37.1. The Balaban J connectivity index is 0.000000242. The average Bonchev–Trinajstić information content (AvgIpc) is 1.60. The molecule has 4 aliphatic rings. The van der Waals surface area contributed by atoms with E-state index in [1.54, 1.807) is 20.7 Å². The summed E-state index contributed by atoms with van der Waals surface area (Å²) in [6.45, 7) is 78.9. The Morgan fingerprint density at radius 2 is 0.445 bits per heavy atom. The summed E-state index contributed by atoms with van der Waals surface area (Å²) in [5.41, 5.74) is 26.0. The molecule has 4 unspecified atom stereocenters. The van der Waals surface area contributed by atoms with Gasteiger partial charge in [-0.3, -0.25) is 0 Å². The molecular weight excluding hydrogens is 1670 g/mol. The molecule has 12 rings (SSSR count). The Hall–Kier alpha value is -5.20. The van der Waals surface area contributed by atoms with Crippen molar-refractivity contribution in [3.8, 4) is 0 Å². The second-order valence-corrected chi connectivity index (χ2v) is 70.6. The van der Waals surface area contributed by atoms with Crippen LogP contribution >= 0.6 is 17.0 Å². The van der Waals surface area contributed by atoms with Gasteiger partial charge in [0, 0.05) is 17.6 Å². The molecule has 0 saturated carbocycles. The Morgan fingerprint density at radius 3 is 0.597 bits per heavy atom. The molecule has 0 aliphatic heterocycles. The van der Waals surface area contributed by atoms with E-state index in [9.17, 15) is 0 Å². The van der Waals surface area contributed by atoms with Gasteiger partial charge in [-0.1, -0.05) is 270 Å². The van der Waals surface area contributed by atoms with E-state index < -0.39 is 71.7 Å². The third-order valence-corrected chi connectivity index (χ3v) is 53.6. The van der Waals surface area contributed by atoms with Gasteiger partial charge in [-0.05, 0) is 196 Å². The maximum atomic E-state index is 6.95. The summed E-state index contributed by atoms with van der Waals surface area (Å²) < 4.78 is 27.8. The first-order valence-electron chi connectivity index (χ1n) is 43.7. The molecule has 8 aromatic carbocycles. The normalized spacial score (nSPS) is 17.9. The summed E-state index contributed by atoms with van der Waals surface area (Å²) in [5.74, 6) is 0.791. The summed E-state index contributed by atoms with van der Waals surface area (Å²) in [4.78, 5) is 0. The van der Waals surface area contributed by atoms with Gasteiger partial charge in [0.1, 0.15) is 0 Å². The van der Waals surface area contributed by atoms with E-state index in [1.165, 1.54) is 111 Å². The molecular formula is C106H144Cl2O4Si6Zr-4. The van der Waals surface area contributed by atoms with Gasteiger partial charge in [0.15, 0.2) is 33.3 Å². The Labute approximate surface area is 748 Å². The predicted octanol–water partition coefficient (Wildman–Crippen LogP) is 28.7. The number of halogens is 2. The molecule has 4 nitrogen and oxygen atoms in total. The fraction of sp³-hybridized carbons (Fsp3) is 0.434. The van der Waals surface area contributed by atoms with Crippen LogP contribution in [0.3, 0.4) is 0 Å². The van der Waals surface area contributed by atoms with Crippen LogP contribution in [-0.2, 0) is 61.0 Å². The summed E-state index contributed by atoms with van der Waals surface area (Å²) >= 11 is -0.826. The van der Waals surface area contributed by atoms with E-state index in [4.69, 9.17) is 34.7 Å². The van der Waals surface area contributed by atoms with Crippen LogP contribution in [-0.4, -0.2) is 50.9 Å². The van der Waals surface area contributed by atoms with Crippen molar-refractivity contribution in [1.82, 2.24) is 0 Å². The summed E-state index contributed by atoms with van der Waals surface area (Å²) in [6, 6.07) is 47.1. The summed E-state index contributed by atoms with van der Waals surface area (Å²) in [7, 11) is -1.17. The zero-order chi connectivity index (χ0) is 88.3. The quantitative estimate of drug-likeness (QED) is 0.0563. The molecule has 0 N–H and O–H groups in total. The predicted molar refractivity (Wildman–Crippen MR) is 534 cm³/mol. The average molecular weight is 1810 g/mol. The van der Waals surface area contributed by atoms with E-state index in [1.807, 2.05) is 0 Å². The van der Waals surface area contributed by atoms with E-state index >= 15 is 0 Å². The van der Waals surface area contributed by atoms with Crippen LogP contribution in [0.15, 0.2) is 194 Å². The van der Waals surface area contributed by atoms with Gasteiger partial charge in [0.25, 0.3) is 0 Å². The van der Waals surface area contributed by atoms with Crippen LogP contribution in [0.25, 0.3) is 24.3 Å². The molecule has 0 heterocycles. The second kappa shape index (κ2) is 36.0. The Kier molecular flexibility index (Phi) is 29.1. The monoisotopic (exact) mass is 1810 g/mol. The topological polar surface area (TPSA) is 36.9 Å². The van der Waals surface area contributed by atoms with Gasteiger partial charge < -0.3 is 17.7 Å². The molecule has 0 bridgehead atoms. The fourth-order valence-electron chi connectivity index (χ4n) is 18.0. The van der Waals surface area contributed by atoms with E-state index in [0.717, 1.165) is 0 Å². The minimum atomic E-state index is -1.94. The first-order chi connectivity index (χ1) is 54.9. The van der Waals surface area contributed by atoms with E-state index in [2.05, 4.69) is 450 Å². The van der Waals surface area contributed by atoms with Crippen molar-refractivity contribution in [2.24, 2.45) is 0 Å². The standard InChI is InChI=1S/2C53H72O2Si3.2ClH.Zr/c2*1-36-34-46-42(38-26-30-40(31-27-38)52(9,10)54-57(14,15)50(3,4)5)22-18-20-24-44(46)48(36)56(13)49-37(2)35-47-43(23-19-21-25-45(47)49)39-28-32-41(33-29-39)53(11,12)55-58(16,17)51(6,7)8;;;/h2*18-35,42-43,56H,1-17H3;2*1H;/q2*-2;;;+2/p-2. The number of allylic oxidation sites excluding steroid dienone is 12. The van der Waals surface area contributed by atoms with Crippen molar-refractivity contribution in [3.05, 3.63) is 306 Å². The van der Waals surface area contributed by atoms with Crippen molar-refractivity contribution in [2.75, 3.05) is 0 Å². The van der Waals surface area contributed by atoms with Gasteiger partial charge >= 0.3 is 37.9 Å². The Bertz CT molecular complexity index is 4510. The molecule has 0 spiro atoms. The molecule has 4 atom stereocenters. The number of rotatable bonds is 20. The first kappa shape index (κ1) is 96.0. The van der Waals surface area contributed by atoms with Crippen molar-refractivity contribution < 1.29 is 38.6 Å². The van der Waals surface area contributed by atoms with Crippen molar-refractivity contribution in [1.29, 1.82) is 0 Å². The molecule has 638 valence electrons. The molecule has 0 saturated heterocycles. The number of hydrogen-bond donors (Lipinski definition) is 0. The molecule has 13 heteroatoms. The first-order valence-corrected chi connectivity index (χ1v) is 66.3. The van der Waals surface area contributed by atoms with Crippen LogP contribution in [0.1, 0.15) is 273 Å². The third kappa shape index (κ3) is 20.7. The van der Waals surface area contributed by atoms with Crippen molar-refractivity contribution in [2.45, 2.75) is 298 Å². The van der Waals surface area contributed by atoms with Gasteiger partial charge in [0.2, 0.25) is 0 Å². The zero-order valence-corrected chi connectivity index (χ0v) is 89.4. The molecule has 8 aromatic rings. The summed E-state index contributed by atoms with van der Waals surface area (Å²) in [5, 5.41) is 6.94.